The number of hydrogen-bond donors (Lipinski definition) is 1. The molecule has 1 aromatic heterocycles. The lowest BCUT2D eigenvalue weighted by Crippen LogP contribution is -2.12. The zero-order chi connectivity index (χ0) is 12.0. The topological polar surface area (TPSA) is 29.9 Å². The summed E-state index contributed by atoms with van der Waals surface area (Å²) in [4.78, 5) is 4.09. The zero-order valence-electron chi connectivity index (χ0n) is 9.22. The Morgan fingerprint density at radius 1 is 1.44 bits per heavy atom. The Balaban J connectivity index is 2.29. The van der Waals surface area contributed by atoms with E-state index >= 15 is 0 Å². The first kappa shape index (κ1) is 13.0. The van der Waals surface area contributed by atoms with Gasteiger partial charge in [0.05, 0.1) is 12.0 Å². The second-order valence-corrected chi connectivity index (χ2v) is 3.60. The maximum absolute atomic E-state index is 11.9. The monoisotopic (exact) mass is 235 g/mol. The van der Waals surface area contributed by atoms with Gasteiger partial charge in [-0.25, -0.2) is 4.98 Å². The minimum Gasteiger partial charge on any atom is -0.337 e. The van der Waals surface area contributed by atoms with Gasteiger partial charge in [-0.3, -0.25) is 0 Å². The molecule has 0 spiro atoms. The third-order valence-electron chi connectivity index (χ3n) is 2.12. The summed E-state index contributed by atoms with van der Waals surface area (Å²) in [5.41, 5.74) is 0.855. The maximum atomic E-state index is 11.9. The van der Waals surface area contributed by atoms with Gasteiger partial charge in [0, 0.05) is 25.7 Å². The molecule has 0 atom stereocenters. The van der Waals surface area contributed by atoms with Gasteiger partial charge in [0.15, 0.2) is 0 Å². The number of nitrogens with one attached hydrogen (secondary N) is 1. The van der Waals surface area contributed by atoms with Crippen molar-refractivity contribution in [3.63, 3.8) is 0 Å². The molecule has 1 heterocycles. The largest absolute Gasteiger partial charge is 0.389 e. The van der Waals surface area contributed by atoms with Crippen LogP contribution in [-0.4, -0.2) is 22.3 Å². The van der Waals surface area contributed by atoms with E-state index in [1.807, 2.05) is 6.92 Å². The molecule has 92 valence electrons. The molecule has 0 aromatic carbocycles. The Bertz CT molecular complexity index is 307. The predicted molar refractivity (Wildman–Crippen MR) is 54.9 cm³/mol. The Morgan fingerprint density at radius 2 is 2.19 bits per heavy atom. The molecule has 0 saturated carbocycles. The number of aromatic nitrogens is 2. The normalized spacial score (nSPS) is 12.0. The molecular formula is C10H16F3N3. The number of aryl methyl sites for hydroxylation is 1. The van der Waals surface area contributed by atoms with Crippen LogP contribution in [0.5, 0.6) is 0 Å². The fraction of sp³-hybridized carbons (Fsp3) is 0.700. The molecule has 0 amide bonds. The standard InChI is InChI=1S/C10H16F3N3/c1-2-14-6-9-7-16(8-15-9)5-3-4-10(11,12)13/h7-8,14H,2-6H2,1H3. The maximum Gasteiger partial charge on any atom is 0.389 e. The molecule has 6 heteroatoms. The Morgan fingerprint density at radius 3 is 2.81 bits per heavy atom. The Kier molecular flexibility index (Phi) is 4.79. The van der Waals surface area contributed by atoms with E-state index in [0.717, 1.165) is 12.2 Å². The second kappa shape index (κ2) is 5.89. The first-order valence-electron chi connectivity index (χ1n) is 5.29. The first-order chi connectivity index (χ1) is 7.51. The van der Waals surface area contributed by atoms with Crippen molar-refractivity contribution in [1.29, 1.82) is 0 Å². The van der Waals surface area contributed by atoms with Crippen molar-refractivity contribution < 1.29 is 13.2 Å². The summed E-state index contributed by atoms with van der Waals surface area (Å²) >= 11 is 0. The summed E-state index contributed by atoms with van der Waals surface area (Å²) in [5.74, 6) is 0. The summed E-state index contributed by atoms with van der Waals surface area (Å²) in [7, 11) is 0. The van der Waals surface area contributed by atoms with Gasteiger partial charge < -0.3 is 9.88 Å². The summed E-state index contributed by atoms with van der Waals surface area (Å²) < 4.78 is 37.4. The van der Waals surface area contributed by atoms with E-state index in [0.29, 0.717) is 13.1 Å². The molecule has 1 rings (SSSR count). The molecule has 16 heavy (non-hydrogen) atoms. The molecule has 0 aliphatic rings. The summed E-state index contributed by atoms with van der Waals surface area (Å²) in [6, 6.07) is 0. The molecule has 1 N–H and O–H groups in total. The van der Waals surface area contributed by atoms with E-state index < -0.39 is 12.6 Å². The van der Waals surface area contributed by atoms with E-state index in [-0.39, 0.29) is 6.42 Å². The van der Waals surface area contributed by atoms with Crippen LogP contribution in [0, 0.1) is 0 Å². The van der Waals surface area contributed by atoms with Gasteiger partial charge in [-0.05, 0) is 13.0 Å². The van der Waals surface area contributed by atoms with Gasteiger partial charge in [-0.2, -0.15) is 13.2 Å². The number of nitrogens with zero attached hydrogens (tertiary/aromatic N) is 2. The highest BCUT2D eigenvalue weighted by Crippen LogP contribution is 2.21. The summed E-state index contributed by atoms with van der Waals surface area (Å²) in [5, 5.41) is 3.10. The number of halogens is 3. The Labute approximate surface area is 92.7 Å². The SMILES string of the molecule is CCNCc1cn(CCCC(F)(F)F)cn1. The van der Waals surface area contributed by atoms with Crippen LogP contribution in [-0.2, 0) is 13.1 Å². The quantitative estimate of drug-likeness (QED) is 0.820. The molecule has 1 aromatic rings. The van der Waals surface area contributed by atoms with Crippen molar-refractivity contribution >= 4 is 0 Å². The molecule has 0 aliphatic heterocycles. The fourth-order valence-corrected chi connectivity index (χ4v) is 1.34. The molecule has 0 radical (unpaired) electrons. The van der Waals surface area contributed by atoms with Crippen LogP contribution in [0.4, 0.5) is 13.2 Å². The van der Waals surface area contributed by atoms with Crippen molar-refractivity contribution in [3.05, 3.63) is 18.2 Å². The fourth-order valence-electron chi connectivity index (χ4n) is 1.34. The van der Waals surface area contributed by atoms with Crippen molar-refractivity contribution in [3.8, 4) is 0 Å². The smallest absolute Gasteiger partial charge is 0.337 e. The average Bonchev–Trinajstić information content (AvgIpc) is 2.61. The Hall–Kier alpha value is -1.04. The number of rotatable bonds is 6. The van der Waals surface area contributed by atoms with Crippen LogP contribution in [0.15, 0.2) is 12.5 Å². The highest BCUT2D eigenvalue weighted by molar-refractivity contribution is 4.95. The van der Waals surface area contributed by atoms with Crippen LogP contribution in [0.2, 0.25) is 0 Å². The molecule has 0 bridgehead atoms. The zero-order valence-corrected chi connectivity index (χ0v) is 9.22. The van der Waals surface area contributed by atoms with Gasteiger partial charge in [-0.1, -0.05) is 6.92 Å². The third kappa shape index (κ3) is 5.16. The van der Waals surface area contributed by atoms with Gasteiger partial charge in [-0.15, -0.1) is 0 Å². The minimum atomic E-state index is -4.06. The minimum absolute atomic E-state index is 0.0977. The molecule has 0 fully saturated rings. The highest BCUT2D eigenvalue weighted by Gasteiger charge is 2.25. The van der Waals surface area contributed by atoms with E-state index in [1.54, 1.807) is 17.1 Å². The van der Waals surface area contributed by atoms with E-state index in [9.17, 15) is 13.2 Å². The average molecular weight is 235 g/mol. The molecule has 0 unspecified atom stereocenters. The van der Waals surface area contributed by atoms with Gasteiger partial charge in [0.2, 0.25) is 0 Å². The second-order valence-electron chi connectivity index (χ2n) is 3.60. The van der Waals surface area contributed by atoms with Gasteiger partial charge in [0.25, 0.3) is 0 Å². The first-order valence-corrected chi connectivity index (χ1v) is 5.29. The van der Waals surface area contributed by atoms with Crippen molar-refractivity contribution in [2.45, 2.75) is 39.0 Å². The van der Waals surface area contributed by atoms with Crippen LogP contribution in [0.1, 0.15) is 25.5 Å². The number of imidazole rings is 1. The van der Waals surface area contributed by atoms with Crippen LogP contribution in [0.25, 0.3) is 0 Å². The third-order valence-corrected chi connectivity index (χ3v) is 2.12. The molecule has 0 aliphatic carbocycles. The lowest BCUT2D eigenvalue weighted by Gasteiger charge is -2.05. The summed E-state index contributed by atoms with van der Waals surface area (Å²) in [6.07, 6.45) is -1.36. The van der Waals surface area contributed by atoms with Crippen LogP contribution in [0.3, 0.4) is 0 Å². The molecule has 0 saturated heterocycles. The number of hydrogen-bond acceptors (Lipinski definition) is 2. The van der Waals surface area contributed by atoms with Crippen LogP contribution >= 0.6 is 0 Å². The van der Waals surface area contributed by atoms with Crippen molar-refractivity contribution in [2.24, 2.45) is 0 Å². The van der Waals surface area contributed by atoms with E-state index in [4.69, 9.17) is 0 Å². The van der Waals surface area contributed by atoms with Crippen LogP contribution < -0.4 is 5.32 Å². The molecule has 3 nitrogen and oxygen atoms in total. The van der Waals surface area contributed by atoms with E-state index in [2.05, 4.69) is 10.3 Å². The number of alkyl halides is 3. The van der Waals surface area contributed by atoms with Gasteiger partial charge in [0.1, 0.15) is 0 Å². The lowest BCUT2D eigenvalue weighted by molar-refractivity contribution is -0.135. The van der Waals surface area contributed by atoms with Crippen molar-refractivity contribution in [1.82, 2.24) is 14.9 Å². The van der Waals surface area contributed by atoms with E-state index in [1.165, 1.54) is 0 Å². The van der Waals surface area contributed by atoms with Gasteiger partial charge >= 0.3 is 6.18 Å². The van der Waals surface area contributed by atoms with Crippen molar-refractivity contribution in [2.75, 3.05) is 6.54 Å². The lowest BCUT2D eigenvalue weighted by atomic mass is 10.3. The predicted octanol–water partition coefficient (Wildman–Crippen LogP) is 2.34. The summed E-state index contributed by atoms with van der Waals surface area (Å²) in [6.45, 7) is 3.85. The molecular weight excluding hydrogens is 219 g/mol. The highest BCUT2D eigenvalue weighted by atomic mass is 19.4.